The second kappa shape index (κ2) is 4.97. The molecule has 3 heteroatoms. The molecule has 0 saturated heterocycles. The van der Waals surface area contributed by atoms with Gasteiger partial charge in [-0.2, -0.15) is 0 Å². The number of carbonyl (C=O) groups excluding carboxylic acids is 1. The summed E-state index contributed by atoms with van der Waals surface area (Å²) in [6.07, 6.45) is 3.87. The quantitative estimate of drug-likeness (QED) is 0.738. The molecule has 0 aliphatic carbocycles. The van der Waals surface area contributed by atoms with Crippen molar-refractivity contribution < 1.29 is 14.7 Å². The lowest BCUT2D eigenvalue weighted by Crippen LogP contribution is -1.90. The summed E-state index contributed by atoms with van der Waals surface area (Å²) in [5, 5.41) is 8.40. The van der Waals surface area contributed by atoms with Gasteiger partial charge in [-0.1, -0.05) is 36.4 Å². The number of carboxylic acids is 1. The summed E-state index contributed by atoms with van der Waals surface area (Å²) in [5.74, 6) is -0.884. The minimum Gasteiger partial charge on any atom is -0.481 e. The van der Waals surface area contributed by atoms with E-state index in [1.54, 1.807) is 30.3 Å². The van der Waals surface area contributed by atoms with Crippen LogP contribution in [0.15, 0.2) is 30.3 Å². The third-order valence-corrected chi connectivity index (χ3v) is 1.71. The standard InChI is InChI=1S/C11H10O3/c12-8-10-5-2-1-4-9(10)6-3-7-11(13)14/h1-6,8H,7H2,(H,13,14). The summed E-state index contributed by atoms with van der Waals surface area (Å²) in [5.41, 5.74) is 1.30. The van der Waals surface area contributed by atoms with E-state index < -0.39 is 5.97 Å². The van der Waals surface area contributed by atoms with Crippen molar-refractivity contribution in [2.75, 3.05) is 0 Å². The highest BCUT2D eigenvalue weighted by Gasteiger charge is 1.96. The zero-order valence-corrected chi connectivity index (χ0v) is 7.51. The Morgan fingerprint density at radius 1 is 1.29 bits per heavy atom. The van der Waals surface area contributed by atoms with Crippen molar-refractivity contribution >= 4 is 18.3 Å². The Labute approximate surface area is 81.7 Å². The molecular formula is C11H10O3. The van der Waals surface area contributed by atoms with E-state index in [1.807, 2.05) is 0 Å². The van der Waals surface area contributed by atoms with Gasteiger partial charge in [-0.3, -0.25) is 9.59 Å². The molecule has 0 unspecified atom stereocenters. The molecular weight excluding hydrogens is 180 g/mol. The van der Waals surface area contributed by atoms with Crippen molar-refractivity contribution in [1.82, 2.24) is 0 Å². The maximum absolute atomic E-state index is 10.6. The van der Waals surface area contributed by atoms with Crippen LogP contribution in [-0.2, 0) is 4.79 Å². The predicted octanol–water partition coefficient (Wildman–Crippen LogP) is 1.99. The average Bonchev–Trinajstić information content (AvgIpc) is 2.18. The molecule has 1 aromatic carbocycles. The Hall–Kier alpha value is -1.90. The van der Waals surface area contributed by atoms with Gasteiger partial charge in [-0.15, -0.1) is 0 Å². The zero-order valence-electron chi connectivity index (χ0n) is 7.51. The summed E-state index contributed by atoms with van der Waals surface area (Å²) in [4.78, 5) is 20.8. The lowest BCUT2D eigenvalue weighted by Gasteiger charge is -1.96. The van der Waals surface area contributed by atoms with Crippen LogP contribution in [0.2, 0.25) is 0 Å². The van der Waals surface area contributed by atoms with Crippen molar-refractivity contribution in [2.24, 2.45) is 0 Å². The smallest absolute Gasteiger partial charge is 0.307 e. The van der Waals surface area contributed by atoms with E-state index in [0.29, 0.717) is 5.56 Å². The molecule has 0 saturated carbocycles. The number of aliphatic carboxylic acids is 1. The number of carbonyl (C=O) groups is 2. The fourth-order valence-electron chi connectivity index (χ4n) is 1.06. The molecule has 1 aromatic rings. The average molecular weight is 190 g/mol. The van der Waals surface area contributed by atoms with Crippen molar-refractivity contribution in [3.63, 3.8) is 0 Å². The van der Waals surface area contributed by atoms with Crippen LogP contribution in [0.3, 0.4) is 0 Å². The molecule has 0 fully saturated rings. The number of hydrogen-bond donors (Lipinski definition) is 1. The van der Waals surface area contributed by atoms with Crippen molar-refractivity contribution in [3.05, 3.63) is 41.5 Å². The minimum absolute atomic E-state index is 0.0345. The van der Waals surface area contributed by atoms with Crippen molar-refractivity contribution in [2.45, 2.75) is 6.42 Å². The molecule has 0 amide bonds. The normalized spacial score (nSPS) is 10.3. The fourth-order valence-corrected chi connectivity index (χ4v) is 1.06. The van der Waals surface area contributed by atoms with Crippen LogP contribution >= 0.6 is 0 Å². The monoisotopic (exact) mass is 190 g/mol. The van der Waals surface area contributed by atoms with E-state index in [9.17, 15) is 9.59 Å². The Kier molecular flexibility index (Phi) is 3.61. The van der Waals surface area contributed by atoms with E-state index >= 15 is 0 Å². The van der Waals surface area contributed by atoms with Gasteiger partial charge in [0.1, 0.15) is 0 Å². The number of rotatable bonds is 4. The Morgan fingerprint density at radius 2 is 1.93 bits per heavy atom. The van der Waals surface area contributed by atoms with Gasteiger partial charge in [0.2, 0.25) is 0 Å². The molecule has 0 aliphatic rings. The molecule has 0 atom stereocenters. The largest absolute Gasteiger partial charge is 0.481 e. The van der Waals surface area contributed by atoms with Crippen LogP contribution in [0.5, 0.6) is 0 Å². The number of carboxylic acid groups (broad SMARTS) is 1. The van der Waals surface area contributed by atoms with Gasteiger partial charge in [0.05, 0.1) is 6.42 Å². The summed E-state index contributed by atoms with van der Waals surface area (Å²) in [6.45, 7) is 0. The van der Waals surface area contributed by atoms with E-state index in [-0.39, 0.29) is 6.42 Å². The van der Waals surface area contributed by atoms with Crippen LogP contribution in [0.25, 0.3) is 6.08 Å². The summed E-state index contributed by atoms with van der Waals surface area (Å²) in [6, 6.07) is 7.02. The van der Waals surface area contributed by atoms with E-state index in [2.05, 4.69) is 0 Å². The number of aldehydes is 1. The highest BCUT2D eigenvalue weighted by molar-refractivity contribution is 5.82. The molecule has 0 bridgehead atoms. The number of benzene rings is 1. The predicted molar refractivity (Wildman–Crippen MR) is 53.1 cm³/mol. The highest BCUT2D eigenvalue weighted by atomic mass is 16.4. The van der Waals surface area contributed by atoms with Gasteiger partial charge in [-0.25, -0.2) is 0 Å². The lowest BCUT2D eigenvalue weighted by molar-refractivity contribution is -0.135. The first-order chi connectivity index (χ1) is 6.74. The molecule has 1 N–H and O–H groups in total. The molecule has 0 aromatic heterocycles. The Bertz CT molecular complexity index is 367. The third-order valence-electron chi connectivity index (χ3n) is 1.71. The first-order valence-electron chi connectivity index (χ1n) is 4.16. The molecule has 3 nitrogen and oxygen atoms in total. The minimum atomic E-state index is -0.884. The maximum Gasteiger partial charge on any atom is 0.307 e. The van der Waals surface area contributed by atoms with Crippen LogP contribution in [-0.4, -0.2) is 17.4 Å². The first kappa shape index (κ1) is 10.2. The van der Waals surface area contributed by atoms with Crippen LogP contribution in [0, 0.1) is 0 Å². The highest BCUT2D eigenvalue weighted by Crippen LogP contribution is 2.08. The second-order valence-electron chi connectivity index (χ2n) is 2.75. The summed E-state index contributed by atoms with van der Waals surface area (Å²) < 4.78 is 0. The van der Waals surface area contributed by atoms with Crippen LogP contribution < -0.4 is 0 Å². The molecule has 0 spiro atoms. The van der Waals surface area contributed by atoms with Crippen LogP contribution in [0.4, 0.5) is 0 Å². The fraction of sp³-hybridized carbons (Fsp3) is 0.0909. The molecule has 72 valence electrons. The Morgan fingerprint density at radius 3 is 2.50 bits per heavy atom. The zero-order chi connectivity index (χ0) is 10.4. The molecule has 0 aliphatic heterocycles. The summed E-state index contributed by atoms with van der Waals surface area (Å²) in [7, 11) is 0. The Balaban J connectivity index is 2.80. The van der Waals surface area contributed by atoms with Gasteiger partial charge in [0.25, 0.3) is 0 Å². The molecule has 1 rings (SSSR count). The topological polar surface area (TPSA) is 54.4 Å². The van der Waals surface area contributed by atoms with Gasteiger partial charge in [0, 0.05) is 5.56 Å². The lowest BCUT2D eigenvalue weighted by atomic mass is 10.1. The van der Waals surface area contributed by atoms with Gasteiger partial charge < -0.3 is 5.11 Å². The van der Waals surface area contributed by atoms with Crippen molar-refractivity contribution in [3.8, 4) is 0 Å². The van der Waals surface area contributed by atoms with E-state index in [1.165, 1.54) is 6.08 Å². The SMILES string of the molecule is O=Cc1ccccc1C=CCC(=O)O. The van der Waals surface area contributed by atoms with E-state index in [0.717, 1.165) is 11.8 Å². The first-order valence-corrected chi connectivity index (χ1v) is 4.16. The second-order valence-corrected chi connectivity index (χ2v) is 2.75. The van der Waals surface area contributed by atoms with Gasteiger partial charge in [0.15, 0.2) is 6.29 Å². The number of hydrogen-bond acceptors (Lipinski definition) is 2. The molecule has 14 heavy (non-hydrogen) atoms. The molecule has 0 heterocycles. The molecule has 0 radical (unpaired) electrons. The summed E-state index contributed by atoms with van der Waals surface area (Å²) >= 11 is 0. The van der Waals surface area contributed by atoms with Gasteiger partial charge in [-0.05, 0) is 5.56 Å². The van der Waals surface area contributed by atoms with E-state index in [4.69, 9.17) is 5.11 Å². The third kappa shape index (κ3) is 2.86. The van der Waals surface area contributed by atoms with Crippen LogP contribution in [0.1, 0.15) is 22.3 Å². The van der Waals surface area contributed by atoms with Gasteiger partial charge >= 0.3 is 5.97 Å². The maximum atomic E-state index is 10.6. The van der Waals surface area contributed by atoms with Crippen molar-refractivity contribution in [1.29, 1.82) is 0 Å².